The lowest BCUT2D eigenvalue weighted by Crippen LogP contribution is -2.67. The summed E-state index contributed by atoms with van der Waals surface area (Å²) in [5.41, 5.74) is 1.22. The summed E-state index contributed by atoms with van der Waals surface area (Å²) in [7, 11) is 0. The summed E-state index contributed by atoms with van der Waals surface area (Å²) in [6.45, 7) is 6.90. The first-order chi connectivity index (χ1) is 35.2. The van der Waals surface area contributed by atoms with Crippen LogP contribution in [0.2, 0.25) is 0 Å². The second-order valence-electron chi connectivity index (χ2n) is 23.8. The maximum atomic E-state index is 12.3. The van der Waals surface area contributed by atoms with Crippen molar-refractivity contribution in [1.82, 2.24) is 0 Å². The second-order valence-corrected chi connectivity index (χ2v) is 23.8. The number of hydrogen-bond donors (Lipinski definition) is 13. The molecule has 0 amide bonds. The predicted molar refractivity (Wildman–Crippen MR) is 248 cm³/mol. The van der Waals surface area contributed by atoms with Gasteiger partial charge in [-0.1, -0.05) is 32.4 Å². The Labute approximate surface area is 430 Å². The van der Waals surface area contributed by atoms with E-state index in [1.807, 2.05) is 0 Å². The Balaban J connectivity index is 0.871. The molecule has 6 heterocycles. The van der Waals surface area contributed by atoms with Gasteiger partial charge in [0.2, 0.25) is 0 Å². The fraction of sp³-hybridized carbons (Fsp3) is 0.961. The lowest BCUT2D eigenvalue weighted by atomic mass is 9.47. The van der Waals surface area contributed by atoms with E-state index in [0.717, 1.165) is 44.9 Å². The molecule has 3 saturated carbocycles. The molecule has 0 aromatic heterocycles. The van der Waals surface area contributed by atoms with E-state index in [1.165, 1.54) is 12.5 Å². The van der Waals surface area contributed by atoms with Crippen molar-refractivity contribution >= 4 is 0 Å². The molecule has 0 aromatic rings. The van der Waals surface area contributed by atoms with Crippen molar-refractivity contribution in [2.24, 2.45) is 46.3 Å². The normalized spacial score (nSPS) is 56.5. The van der Waals surface area contributed by atoms with Gasteiger partial charge < -0.3 is 114 Å². The third-order valence-electron chi connectivity index (χ3n) is 19.9. The Morgan fingerprint density at radius 2 is 1.18 bits per heavy atom. The minimum absolute atomic E-state index is 0.0906. The van der Waals surface area contributed by atoms with Crippen molar-refractivity contribution in [3.63, 3.8) is 0 Å². The van der Waals surface area contributed by atoms with Crippen LogP contribution in [0.5, 0.6) is 0 Å². The average Bonchev–Trinajstić information content (AvgIpc) is 3.84. The van der Waals surface area contributed by atoms with Crippen LogP contribution in [0, 0.1) is 46.3 Å². The monoisotopic (exact) mass is 1060 g/mol. The van der Waals surface area contributed by atoms with Crippen LogP contribution in [0.3, 0.4) is 0 Å². The molecule has 74 heavy (non-hydrogen) atoms. The SMILES string of the molecule is CC1OC(OC2C(OC3CCC4(C)C(=CCC5C4CCC4(C)C5CC5OC6(CCC(CO)CO6)C(C)C54)C3)OC(CO)C(OC3OC(CO)C(O)C(O)C3O)C2O)C(O)C(OC2OC(CO)C(O)C(O)C2O)C1O. The molecule has 4 aliphatic carbocycles. The van der Waals surface area contributed by atoms with Crippen LogP contribution in [-0.4, -0.2) is 240 Å². The molecule has 0 bridgehead atoms. The van der Waals surface area contributed by atoms with Crippen LogP contribution in [0.4, 0.5) is 0 Å². The highest BCUT2D eigenvalue weighted by atomic mass is 16.8. The van der Waals surface area contributed by atoms with Crippen LogP contribution >= 0.6 is 0 Å². The van der Waals surface area contributed by atoms with Gasteiger partial charge in [0, 0.05) is 24.9 Å². The minimum atomic E-state index is -1.93. The van der Waals surface area contributed by atoms with E-state index in [2.05, 4.69) is 26.8 Å². The summed E-state index contributed by atoms with van der Waals surface area (Å²) in [5.74, 6) is 1.52. The van der Waals surface area contributed by atoms with E-state index in [0.29, 0.717) is 43.1 Å². The summed E-state index contributed by atoms with van der Waals surface area (Å²) in [5, 5.41) is 139. The third kappa shape index (κ3) is 9.48. The number of allylic oxidation sites excluding steroid dienone is 1. The Bertz CT molecular complexity index is 1940. The van der Waals surface area contributed by atoms with Gasteiger partial charge in [-0.05, 0) is 92.8 Å². The summed E-state index contributed by atoms with van der Waals surface area (Å²) < 4.78 is 61.8. The standard InChI is InChI=1S/C51H82O23/c1-20-32-28(74-51(20)12-7-22(15-52)19-65-51)14-27-25-6-5-23-13-24(8-10-49(23,3)26(25)9-11-50(27,32)4)67-48-44(40(63)42(31(18-55)70-48)71-45-38(61)36(59)34(57)29(16-53)68-45)73-47-41(64)43(33(56)21(2)66-47)72-46-39(62)37(60)35(58)30(17-54)69-46/h5,20-22,24-48,52-64H,6-19H2,1-4H3. The Kier molecular flexibility index (Phi) is 16.5. The van der Waals surface area contributed by atoms with E-state index in [9.17, 15) is 66.4 Å². The molecule has 10 aliphatic rings. The average molecular weight is 1060 g/mol. The first-order valence-electron chi connectivity index (χ1n) is 27.0. The fourth-order valence-corrected chi connectivity index (χ4v) is 15.6. The van der Waals surface area contributed by atoms with Crippen molar-refractivity contribution in [3.8, 4) is 0 Å². The fourth-order valence-electron chi connectivity index (χ4n) is 15.6. The maximum Gasteiger partial charge on any atom is 0.187 e. The quantitative estimate of drug-likeness (QED) is 0.0867. The van der Waals surface area contributed by atoms with Gasteiger partial charge in [-0.3, -0.25) is 0 Å². The van der Waals surface area contributed by atoms with Crippen molar-refractivity contribution in [1.29, 1.82) is 0 Å². The van der Waals surface area contributed by atoms with Gasteiger partial charge in [-0.25, -0.2) is 0 Å². The zero-order valence-corrected chi connectivity index (χ0v) is 42.5. The lowest BCUT2D eigenvalue weighted by molar-refractivity contribution is -0.397. The number of fused-ring (bicyclic) bond motifs is 7. The number of hydrogen-bond acceptors (Lipinski definition) is 23. The highest BCUT2D eigenvalue weighted by molar-refractivity contribution is 5.26. The molecule has 1 spiro atoms. The summed E-state index contributed by atoms with van der Waals surface area (Å²) in [6.07, 6.45) is -23.7. The summed E-state index contributed by atoms with van der Waals surface area (Å²) in [4.78, 5) is 0. The topological polar surface area (TPSA) is 355 Å². The number of ether oxygens (including phenoxy) is 10. The highest BCUT2D eigenvalue weighted by Crippen LogP contribution is 2.71. The second kappa shape index (κ2) is 21.7. The van der Waals surface area contributed by atoms with Crippen LogP contribution in [0.15, 0.2) is 11.6 Å². The van der Waals surface area contributed by atoms with Gasteiger partial charge in [0.15, 0.2) is 30.9 Å². The van der Waals surface area contributed by atoms with Crippen LogP contribution in [0.25, 0.3) is 0 Å². The predicted octanol–water partition coefficient (Wildman–Crippen LogP) is -2.99. The molecule has 6 aliphatic heterocycles. The number of rotatable bonds is 12. The molecule has 23 nitrogen and oxygen atoms in total. The summed E-state index contributed by atoms with van der Waals surface area (Å²) in [6, 6.07) is 0. The molecule has 9 fully saturated rings. The van der Waals surface area contributed by atoms with E-state index in [1.54, 1.807) is 0 Å². The highest BCUT2D eigenvalue weighted by Gasteiger charge is 2.69. The van der Waals surface area contributed by atoms with Crippen molar-refractivity contribution in [2.45, 2.75) is 226 Å². The zero-order valence-electron chi connectivity index (χ0n) is 42.5. The first-order valence-corrected chi connectivity index (χ1v) is 27.0. The van der Waals surface area contributed by atoms with Crippen LogP contribution in [-0.2, 0) is 47.4 Å². The van der Waals surface area contributed by atoms with Gasteiger partial charge in [-0.15, -0.1) is 0 Å². The Morgan fingerprint density at radius 3 is 1.78 bits per heavy atom. The number of aliphatic hydroxyl groups excluding tert-OH is 13. The third-order valence-corrected chi connectivity index (χ3v) is 19.9. The Hall–Kier alpha value is -1.18. The van der Waals surface area contributed by atoms with Gasteiger partial charge in [-0.2, -0.15) is 0 Å². The van der Waals surface area contributed by atoms with Gasteiger partial charge in [0.05, 0.1) is 44.7 Å². The molecule has 424 valence electrons. The number of aliphatic hydroxyl groups is 13. The van der Waals surface area contributed by atoms with Crippen LogP contribution < -0.4 is 0 Å². The Morgan fingerprint density at radius 1 is 0.568 bits per heavy atom. The van der Waals surface area contributed by atoms with Crippen molar-refractivity contribution in [3.05, 3.63) is 11.6 Å². The van der Waals surface area contributed by atoms with Gasteiger partial charge in [0.1, 0.15) is 91.6 Å². The zero-order chi connectivity index (χ0) is 52.9. The largest absolute Gasteiger partial charge is 0.396 e. The molecule has 0 aromatic carbocycles. The molecule has 23 heteroatoms. The summed E-state index contributed by atoms with van der Waals surface area (Å²) >= 11 is 0. The molecular formula is C51H82O23. The van der Waals surface area contributed by atoms with Crippen molar-refractivity contribution < 1.29 is 114 Å². The smallest absolute Gasteiger partial charge is 0.187 e. The van der Waals surface area contributed by atoms with E-state index < -0.39 is 155 Å². The molecule has 6 saturated heterocycles. The maximum absolute atomic E-state index is 12.3. The van der Waals surface area contributed by atoms with Crippen molar-refractivity contribution in [2.75, 3.05) is 33.0 Å². The molecule has 0 radical (unpaired) electrons. The molecule has 13 N–H and O–H groups in total. The lowest BCUT2D eigenvalue weighted by Gasteiger charge is -2.59. The minimum Gasteiger partial charge on any atom is -0.396 e. The van der Waals surface area contributed by atoms with Gasteiger partial charge >= 0.3 is 0 Å². The van der Waals surface area contributed by atoms with E-state index >= 15 is 0 Å². The molecule has 31 atom stereocenters. The van der Waals surface area contributed by atoms with Crippen LogP contribution in [0.1, 0.15) is 85.5 Å². The molecular weight excluding hydrogens is 981 g/mol. The molecule has 10 rings (SSSR count). The van der Waals surface area contributed by atoms with Gasteiger partial charge in [0.25, 0.3) is 0 Å². The first kappa shape index (κ1) is 56.1. The van der Waals surface area contributed by atoms with E-state index in [-0.39, 0.29) is 35.4 Å². The molecule has 31 unspecified atom stereocenters. The van der Waals surface area contributed by atoms with E-state index in [4.69, 9.17) is 47.4 Å².